The van der Waals surface area contributed by atoms with Crippen molar-refractivity contribution in [1.29, 1.82) is 0 Å². The Kier molecular flexibility index (Phi) is 27.9. The first kappa shape index (κ1) is 78.1. The van der Waals surface area contributed by atoms with Gasteiger partial charge in [0.25, 0.3) is 0 Å². The lowest BCUT2D eigenvalue weighted by molar-refractivity contribution is -0.394. The third kappa shape index (κ3) is 17.0. The number of carbonyl (C=O) groups excluding carboxylic acids is 2. The molecule has 0 saturated carbocycles. The van der Waals surface area contributed by atoms with Crippen LogP contribution in [-0.2, 0) is 80.6 Å². The van der Waals surface area contributed by atoms with Crippen LogP contribution in [0.3, 0.4) is 0 Å². The minimum absolute atomic E-state index is 0.763. The Morgan fingerprint density at radius 2 is 0.674 bits per heavy atom. The van der Waals surface area contributed by atoms with Gasteiger partial charge in [0, 0.05) is 13.8 Å². The van der Waals surface area contributed by atoms with Gasteiger partial charge in [0.1, 0.15) is 195 Å². The molecule has 0 unspecified atom stereocenters. The molecule has 43 nitrogen and oxygen atoms in total. The quantitative estimate of drug-likeness (QED) is 0.0404. The van der Waals surface area contributed by atoms with Gasteiger partial charge < -0.3 is 204 Å². The van der Waals surface area contributed by atoms with Crippen LogP contribution in [-0.4, -0.2) is 433 Å². The number of hydrogen-bond acceptors (Lipinski definition) is 41. The van der Waals surface area contributed by atoms with Crippen LogP contribution >= 0.6 is 0 Å². The number of carbonyl (C=O) groups is 2. The van der Waals surface area contributed by atoms with Crippen LogP contribution in [0.5, 0.6) is 0 Å². The van der Waals surface area contributed by atoms with Crippen LogP contribution in [0.15, 0.2) is 0 Å². The second-order valence-corrected chi connectivity index (χ2v) is 23.9. The van der Waals surface area contributed by atoms with Crippen molar-refractivity contribution in [2.45, 2.75) is 259 Å². The van der Waals surface area contributed by atoms with Gasteiger partial charge in [-0.25, -0.2) is 0 Å². The molecule has 0 aromatic heterocycles. The molecule has 0 aromatic carbocycles. The van der Waals surface area contributed by atoms with Gasteiger partial charge in [-0.2, -0.15) is 0 Å². The Balaban J connectivity index is 1.15. The van der Waals surface area contributed by atoms with E-state index in [0.717, 1.165) is 13.8 Å². The molecule has 8 aliphatic heterocycles. The van der Waals surface area contributed by atoms with Gasteiger partial charge in [0.2, 0.25) is 11.8 Å². The Morgan fingerprint density at radius 3 is 1.17 bits per heavy atom. The first-order chi connectivity index (χ1) is 44.9. The average Bonchev–Trinajstić information content (AvgIpc) is 1.35. The van der Waals surface area contributed by atoms with E-state index >= 15 is 0 Å². The van der Waals surface area contributed by atoms with Crippen molar-refractivity contribution in [3.63, 3.8) is 0 Å². The second-order valence-electron chi connectivity index (χ2n) is 23.9. The summed E-state index contributed by atoms with van der Waals surface area (Å²) in [7, 11) is 0. The highest BCUT2D eigenvalue weighted by molar-refractivity contribution is 5.73. The number of hydrogen-bond donors (Lipinski definition) is 26. The number of aliphatic hydroxyl groups is 24. The summed E-state index contributed by atoms with van der Waals surface area (Å²) >= 11 is 0. The number of rotatable bonds is 25. The molecule has 0 bridgehead atoms. The largest absolute Gasteiger partial charge is 0.394 e. The molecule has 8 aliphatic rings. The van der Waals surface area contributed by atoms with E-state index in [1.807, 2.05) is 0 Å². The molecule has 8 heterocycles. The van der Waals surface area contributed by atoms with Crippen LogP contribution in [0.2, 0.25) is 0 Å². The highest BCUT2D eigenvalue weighted by atomic mass is 16.8. The van der Waals surface area contributed by atoms with E-state index in [0.29, 0.717) is 0 Å². The van der Waals surface area contributed by atoms with Crippen LogP contribution in [0.1, 0.15) is 13.8 Å². The minimum atomic E-state index is -2.43. The third-order valence-corrected chi connectivity index (χ3v) is 17.4. The molecule has 0 aromatic rings. The smallest absolute Gasteiger partial charge is 0.217 e. The van der Waals surface area contributed by atoms with Crippen molar-refractivity contribution in [3.05, 3.63) is 0 Å². The normalized spacial score (nSPS) is 50.2. The second kappa shape index (κ2) is 33.9. The monoisotopic (exact) mass is 1400 g/mol. The van der Waals surface area contributed by atoms with Crippen molar-refractivity contribution in [2.24, 2.45) is 0 Å². The summed E-state index contributed by atoms with van der Waals surface area (Å²) < 4.78 is 87.6. The van der Waals surface area contributed by atoms with Crippen molar-refractivity contribution < 1.29 is 203 Å². The highest BCUT2D eigenvalue weighted by Gasteiger charge is 2.60. The Bertz CT molecular complexity index is 2380. The maximum Gasteiger partial charge on any atom is 0.217 e. The third-order valence-electron chi connectivity index (χ3n) is 17.4. The van der Waals surface area contributed by atoms with Crippen LogP contribution < -0.4 is 10.6 Å². The number of ether oxygens (including phenoxy) is 15. The Morgan fingerprint density at radius 1 is 0.326 bits per heavy atom. The summed E-state index contributed by atoms with van der Waals surface area (Å²) in [6, 6.07) is -3.47. The average molecular weight is 1400 g/mol. The molecule has 8 rings (SSSR count). The number of nitrogens with one attached hydrogen (secondary N) is 2. The summed E-state index contributed by atoms with van der Waals surface area (Å²) in [4.78, 5) is 24.8. The fourth-order valence-electron chi connectivity index (χ4n) is 12.1. The van der Waals surface area contributed by atoms with E-state index in [-0.39, 0.29) is 0 Å². The van der Waals surface area contributed by atoms with E-state index in [9.17, 15) is 132 Å². The summed E-state index contributed by atoms with van der Waals surface area (Å²) in [5.41, 5.74) is 0. The maximum absolute atomic E-state index is 12.8. The van der Waals surface area contributed by atoms with Gasteiger partial charge in [-0.05, 0) is 0 Å². The molecule has 0 radical (unpaired) electrons. The van der Waals surface area contributed by atoms with Crippen LogP contribution in [0, 0.1) is 0 Å². The van der Waals surface area contributed by atoms with Crippen molar-refractivity contribution in [1.82, 2.24) is 10.6 Å². The van der Waals surface area contributed by atoms with Crippen molar-refractivity contribution in [2.75, 3.05) is 52.9 Å². The molecule has 552 valence electrons. The molecular formula is C52H88N2O41. The first-order valence-corrected chi connectivity index (χ1v) is 30.1. The molecule has 0 spiro atoms. The van der Waals surface area contributed by atoms with Gasteiger partial charge in [0.15, 0.2) is 50.3 Å². The summed E-state index contributed by atoms with van der Waals surface area (Å²) in [6.45, 7) is -6.44. The summed E-state index contributed by atoms with van der Waals surface area (Å²) in [6.07, 6.45) is -78.4. The SMILES string of the molecule is CC(=O)N[C@@H]1[C@@H](O)[C@H](O[C@@H]2O[C@H](CO)[C@@H](O[C@@H]3O[C@H](CO[C@H]4O[C@H](CO[C@H]5O[C@H](CO)[C@@H](O)[C@H](O)[C@@H]5O)[C@@H](O)[C@H](O[C@H]5O[C@H](CO)[C@@H](O)[C@H](O)[C@@H]5O)[C@@H]4O[C@@H]4O[C@@H]([C@H](O)CO)[C@H](O)[C@H]4O)[C@@H](O)[C@H](O[C@H]4O[C@H](CO)[C@@H](O)[C@H](O)[C@@H]4O)[C@@H]3O)[C@H](O)[C@H]2NC(C)=O)[C@@H](CO)O[C@H]1O. The summed E-state index contributed by atoms with van der Waals surface area (Å²) in [5, 5.41) is 266. The van der Waals surface area contributed by atoms with E-state index in [2.05, 4.69) is 10.6 Å². The predicted octanol–water partition coefficient (Wildman–Crippen LogP) is -18.2. The maximum atomic E-state index is 12.8. The highest BCUT2D eigenvalue weighted by Crippen LogP contribution is 2.39. The van der Waals surface area contributed by atoms with Crippen LogP contribution in [0.4, 0.5) is 0 Å². The van der Waals surface area contributed by atoms with Gasteiger partial charge in [0.05, 0.1) is 52.9 Å². The number of aliphatic hydroxyl groups excluding tert-OH is 24. The lowest BCUT2D eigenvalue weighted by Gasteiger charge is -2.50. The van der Waals surface area contributed by atoms with Crippen molar-refractivity contribution >= 4 is 11.8 Å². The zero-order valence-corrected chi connectivity index (χ0v) is 50.4. The molecule has 8 saturated heterocycles. The molecule has 43 heteroatoms. The topological polar surface area (TPSA) is 682 Å². The molecule has 95 heavy (non-hydrogen) atoms. The van der Waals surface area contributed by atoms with E-state index in [1.165, 1.54) is 0 Å². The minimum Gasteiger partial charge on any atom is -0.394 e. The predicted molar refractivity (Wildman–Crippen MR) is 288 cm³/mol. The van der Waals surface area contributed by atoms with Crippen molar-refractivity contribution in [3.8, 4) is 0 Å². The fraction of sp³-hybridized carbons (Fsp3) is 0.962. The van der Waals surface area contributed by atoms with E-state index in [4.69, 9.17) is 71.1 Å². The standard InChI is InChI=1S/C52H88N2O41/c1-11(61)53-21-28(69)40(17(7-59)83-45(21)80)91-46-22(54-12(2)62)29(70)41(18(8-60)87-46)92-51-38(79)42(93-48-35(76)31(72)24(65)15(5-57)85-48)26(67)19(88-51)10-82-52-44(95-50-37(78)33(74)39(90-50)13(63)3-55)43(94-49-36(77)32(73)25(66)16(6-58)86-49)27(68)20(89-52)9-81-47-34(75)30(71)23(64)14(4-56)84-47/h13-52,55-60,63-80H,3-10H2,1-2H3,(H,53,61)(H,54,62)/t13-,14-,15-,16-,17-,18-,19-,20-,21-,22-,23-,24-,25-,26-,27-,28-,29-,30+,31+,32+,33-,34+,35+,36+,37-,38+,39+,40-,41-,42+,43+,44+,45-,46+,47+,48-,49-,50+,51+,52+/m1/s1. The molecule has 8 fully saturated rings. The molecule has 26 N–H and O–H groups in total. The van der Waals surface area contributed by atoms with Gasteiger partial charge in [-0.15, -0.1) is 0 Å². The summed E-state index contributed by atoms with van der Waals surface area (Å²) in [5.74, 6) is -1.67. The Labute approximate surface area is 536 Å². The lowest BCUT2D eigenvalue weighted by Crippen LogP contribution is -2.70. The van der Waals surface area contributed by atoms with E-state index in [1.54, 1.807) is 0 Å². The van der Waals surface area contributed by atoms with Gasteiger partial charge in [-0.1, -0.05) is 0 Å². The first-order valence-electron chi connectivity index (χ1n) is 30.1. The molecule has 40 atom stereocenters. The zero-order chi connectivity index (χ0) is 69.9. The van der Waals surface area contributed by atoms with E-state index < -0.39 is 310 Å². The lowest BCUT2D eigenvalue weighted by atomic mass is 9.94. The zero-order valence-electron chi connectivity index (χ0n) is 50.4. The molecule has 0 aliphatic carbocycles. The molecule has 2 amide bonds. The van der Waals surface area contributed by atoms with Crippen LogP contribution in [0.25, 0.3) is 0 Å². The van der Waals surface area contributed by atoms with Gasteiger partial charge in [-0.3, -0.25) is 9.59 Å². The number of amides is 2. The fourth-order valence-corrected chi connectivity index (χ4v) is 12.1. The van der Waals surface area contributed by atoms with Gasteiger partial charge >= 0.3 is 0 Å². The Hall–Kier alpha value is -2.62. The molecular weight excluding hydrogens is 1310 g/mol.